The molecule has 0 saturated carbocycles. The Labute approximate surface area is 95.6 Å². The summed E-state index contributed by atoms with van der Waals surface area (Å²) in [4.78, 5) is 10.9. The quantitative estimate of drug-likeness (QED) is 0.724. The zero-order valence-electron chi connectivity index (χ0n) is 9.95. The van der Waals surface area contributed by atoms with E-state index in [0.717, 1.165) is 12.8 Å². The van der Waals surface area contributed by atoms with Gasteiger partial charge in [0, 0.05) is 0 Å². The summed E-state index contributed by atoms with van der Waals surface area (Å²) in [6.45, 7) is 3.81. The third kappa shape index (κ3) is 3.36. The van der Waals surface area contributed by atoms with Crippen LogP contribution in [0.25, 0.3) is 0 Å². The third-order valence-corrected chi connectivity index (χ3v) is 2.66. The second kappa shape index (κ2) is 6.30. The molecule has 0 aliphatic heterocycles. The van der Waals surface area contributed by atoms with Crippen molar-refractivity contribution in [1.82, 2.24) is 5.16 Å². The van der Waals surface area contributed by atoms with E-state index in [9.17, 15) is 4.79 Å². The number of aromatic nitrogens is 1. The predicted octanol–water partition coefficient (Wildman–Crippen LogP) is 3.19. The van der Waals surface area contributed by atoms with Crippen LogP contribution in [-0.2, 0) is 6.42 Å². The molecule has 0 amide bonds. The van der Waals surface area contributed by atoms with Crippen LogP contribution in [0.4, 0.5) is 0 Å². The number of hydrogen-bond donors (Lipinski definition) is 1. The predicted molar refractivity (Wildman–Crippen MR) is 60.7 cm³/mol. The minimum Gasteiger partial charge on any atom is -0.477 e. The van der Waals surface area contributed by atoms with E-state index >= 15 is 0 Å². The first-order valence-electron chi connectivity index (χ1n) is 5.85. The lowest BCUT2D eigenvalue weighted by Crippen LogP contribution is -2.02. The number of hydrogen-bond acceptors (Lipinski definition) is 3. The molecular weight excluding hydrogens is 206 g/mol. The van der Waals surface area contributed by atoms with Crippen molar-refractivity contribution in [3.05, 3.63) is 17.0 Å². The Morgan fingerprint density at radius 2 is 2.00 bits per heavy atom. The molecule has 0 radical (unpaired) electrons. The number of unbranched alkanes of at least 4 members (excludes halogenated alkanes) is 4. The fourth-order valence-electron chi connectivity index (χ4n) is 1.76. The zero-order chi connectivity index (χ0) is 12.0. The van der Waals surface area contributed by atoms with Crippen LogP contribution in [0.1, 0.15) is 60.8 Å². The van der Waals surface area contributed by atoms with Gasteiger partial charge in [-0.3, -0.25) is 0 Å². The van der Waals surface area contributed by atoms with Crippen molar-refractivity contribution in [2.75, 3.05) is 0 Å². The normalized spacial score (nSPS) is 10.6. The summed E-state index contributed by atoms with van der Waals surface area (Å²) in [5.41, 5.74) is 0.831. The van der Waals surface area contributed by atoms with Crippen molar-refractivity contribution in [1.29, 1.82) is 0 Å². The molecule has 0 saturated heterocycles. The van der Waals surface area contributed by atoms with Gasteiger partial charge in [0.05, 0.1) is 5.69 Å². The maximum atomic E-state index is 10.9. The van der Waals surface area contributed by atoms with Crippen molar-refractivity contribution in [2.24, 2.45) is 0 Å². The average molecular weight is 225 g/mol. The molecule has 90 valence electrons. The van der Waals surface area contributed by atoms with Crippen molar-refractivity contribution in [3.8, 4) is 0 Å². The Morgan fingerprint density at radius 1 is 1.31 bits per heavy atom. The monoisotopic (exact) mass is 225 g/mol. The number of carboxylic acids is 1. The highest BCUT2D eigenvalue weighted by Gasteiger charge is 2.18. The smallest absolute Gasteiger partial charge is 0.341 e. The van der Waals surface area contributed by atoms with Gasteiger partial charge >= 0.3 is 5.97 Å². The summed E-state index contributed by atoms with van der Waals surface area (Å²) >= 11 is 0. The van der Waals surface area contributed by atoms with E-state index in [1.807, 2.05) is 0 Å². The van der Waals surface area contributed by atoms with Crippen molar-refractivity contribution >= 4 is 5.97 Å². The maximum absolute atomic E-state index is 10.9. The average Bonchev–Trinajstić information content (AvgIpc) is 2.59. The van der Waals surface area contributed by atoms with Crippen molar-refractivity contribution < 1.29 is 14.4 Å². The van der Waals surface area contributed by atoms with E-state index < -0.39 is 5.97 Å². The van der Waals surface area contributed by atoms with Crippen LogP contribution in [0, 0.1) is 6.92 Å². The van der Waals surface area contributed by atoms with E-state index in [0.29, 0.717) is 17.9 Å². The summed E-state index contributed by atoms with van der Waals surface area (Å²) in [6, 6.07) is 0. The van der Waals surface area contributed by atoms with E-state index in [2.05, 4.69) is 12.1 Å². The van der Waals surface area contributed by atoms with Crippen LogP contribution in [0.5, 0.6) is 0 Å². The molecule has 1 rings (SSSR count). The number of aryl methyl sites for hydroxylation is 2. The van der Waals surface area contributed by atoms with Gasteiger partial charge in [0.25, 0.3) is 0 Å². The van der Waals surface area contributed by atoms with Gasteiger partial charge < -0.3 is 9.63 Å². The van der Waals surface area contributed by atoms with E-state index in [4.69, 9.17) is 9.63 Å². The minimum atomic E-state index is -0.942. The lowest BCUT2D eigenvalue weighted by atomic mass is 10.1. The fourth-order valence-corrected chi connectivity index (χ4v) is 1.76. The molecule has 0 unspecified atom stereocenters. The van der Waals surface area contributed by atoms with Gasteiger partial charge in [-0.2, -0.15) is 0 Å². The molecule has 0 spiro atoms. The molecule has 0 aromatic carbocycles. The van der Waals surface area contributed by atoms with E-state index in [1.54, 1.807) is 6.92 Å². The van der Waals surface area contributed by atoms with Gasteiger partial charge in [-0.15, -0.1) is 0 Å². The highest BCUT2D eigenvalue weighted by molar-refractivity contribution is 5.89. The molecule has 1 aromatic rings. The van der Waals surface area contributed by atoms with Gasteiger partial charge in [0.1, 0.15) is 11.3 Å². The molecule has 4 nitrogen and oxygen atoms in total. The Balaban J connectivity index is 2.45. The molecule has 1 heterocycles. The van der Waals surface area contributed by atoms with E-state index in [-0.39, 0.29) is 5.56 Å². The largest absolute Gasteiger partial charge is 0.477 e. The van der Waals surface area contributed by atoms with Crippen LogP contribution in [0.3, 0.4) is 0 Å². The third-order valence-electron chi connectivity index (χ3n) is 2.66. The molecule has 16 heavy (non-hydrogen) atoms. The van der Waals surface area contributed by atoms with Gasteiger partial charge in [-0.25, -0.2) is 4.79 Å². The molecule has 4 heteroatoms. The Hall–Kier alpha value is -1.32. The lowest BCUT2D eigenvalue weighted by Gasteiger charge is -1.98. The Bertz CT molecular complexity index is 344. The molecular formula is C12H19NO3. The number of nitrogens with zero attached hydrogens (tertiary/aromatic N) is 1. The van der Waals surface area contributed by atoms with Crippen LogP contribution >= 0.6 is 0 Å². The highest BCUT2D eigenvalue weighted by Crippen LogP contribution is 2.16. The van der Waals surface area contributed by atoms with Crippen LogP contribution in [0.15, 0.2) is 4.52 Å². The summed E-state index contributed by atoms with van der Waals surface area (Å²) < 4.78 is 4.90. The molecule has 0 bridgehead atoms. The standard InChI is InChI=1S/C12H19NO3/c1-3-4-5-6-7-8-10-11(12(14)15)9(2)16-13-10/h3-8H2,1-2H3,(H,14,15). The van der Waals surface area contributed by atoms with E-state index in [1.165, 1.54) is 19.3 Å². The van der Waals surface area contributed by atoms with Crippen molar-refractivity contribution in [3.63, 3.8) is 0 Å². The summed E-state index contributed by atoms with van der Waals surface area (Å²) in [5, 5.41) is 12.8. The first-order valence-corrected chi connectivity index (χ1v) is 5.85. The fraction of sp³-hybridized carbons (Fsp3) is 0.667. The lowest BCUT2D eigenvalue weighted by molar-refractivity contribution is 0.0694. The Morgan fingerprint density at radius 3 is 2.62 bits per heavy atom. The second-order valence-corrected chi connectivity index (χ2v) is 4.03. The van der Waals surface area contributed by atoms with Gasteiger partial charge in [0.2, 0.25) is 0 Å². The molecule has 0 aliphatic rings. The van der Waals surface area contributed by atoms with Gasteiger partial charge in [0.15, 0.2) is 0 Å². The maximum Gasteiger partial charge on any atom is 0.341 e. The van der Waals surface area contributed by atoms with Crippen LogP contribution in [-0.4, -0.2) is 16.2 Å². The highest BCUT2D eigenvalue weighted by atomic mass is 16.5. The second-order valence-electron chi connectivity index (χ2n) is 4.03. The summed E-state index contributed by atoms with van der Waals surface area (Å²) in [6.07, 6.45) is 6.45. The van der Waals surface area contributed by atoms with Crippen LogP contribution in [0.2, 0.25) is 0 Å². The Kier molecular flexibility index (Phi) is 5.02. The molecule has 0 aliphatic carbocycles. The number of carboxylic acid groups (broad SMARTS) is 1. The van der Waals surface area contributed by atoms with Crippen LogP contribution < -0.4 is 0 Å². The molecule has 0 atom stereocenters. The number of rotatable bonds is 7. The summed E-state index contributed by atoms with van der Waals surface area (Å²) in [7, 11) is 0. The SMILES string of the molecule is CCCCCCCc1noc(C)c1C(=O)O. The number of carbonyl (C=O) groups is 1. The topological polar surface area (TPSA) is 63.3 Å². The van der Waals surface area contributed by atoms with Gasteiger partial charge in [-0.05, 0) is 19.8 Å². The molecule has 1 N–H and O–H groups in total. The minimum absolute atomic E-state index is 0.246. The number of aromatic carboxylic acids is 1. The van der Waals surface area contributed by atoms with Gasteiger partial charge in [-0.1, -0.05) is 37.8 Å². The van der Waals surface area contributed by atoms with Crippen molar-refractivity contribution in [2.45, 2.75) is 52.4 Å². The molecule has 1 aromatic heterocycles. The first-order chi connectivity index (χ1) is 7.66. The first kappa shape index (κ1) is 12.7. The zero-order valence-corrected chi connectivity index (χ0v) is 9.95. The molecule has 0 fully saturated rings. The summed E-state index contributed by atoms with van der Waals surface area (Å²) in [5.74, 6) is -0.543.